The summed E-state index contributed by atoms with van der Waals surface area (Å²) in [4.78, 5) is 3.57. The van der Waals surface area contributed by atoms with Crippen molar-refractivity contribution in [1.82, 2.24) is 4.98 Å². The number of hydrogen-bond acceptors (Lipinski definition) is 2. The molecule has 0 aliphatic rings. The van der Waals surface area contributed by atoms with Crippen molar-refractivity contribution in [2.75, 3.05) is 6.61 Å². The van der Waals surface area contributed by atoms with E-state index in [4.69, 9.17) is 4.74 Å². The Hall–Kier alpha value is -1.20. The first-order valence-corrected chi connectivity index (χ1v) is 7.31. The standard InChI is InChI=1S/C14H22BF3NO/c1-2-3-4-5-6-7-8-9-20-14-10-13(11-19-12-14)15(16,17)18/h10-12H,2-9H2,1H3/q-1. The van der Waals surface area contributed by atoms with Crippen molar-refractivity contribution in [2.24, 2.45) is 0 Å². The van der Waals surface area contributed by atoms with Crippen LogP contribution in [0.1, 0.15) is 51.9 Å². The summed E-state index contributed by atoms with van der Waals surface area (Å²) in [6.45, 7) is -2.38. The molecular weight excluding hydrogens is 266 g/mol. The zero-order valence-electron chi connectivity index (χ0n) is 12.0. The van der Waals surface area contributed by atoms with Crippen molar-refractivity contribution in [1.29, 1.82) is 0 Å². The van der Waals surface area contributed by atoms with Gasteiger partial charge in [0, 0.05) is 6.20 Å². The third kappa shape index (κ3) is 6.82. The molecule has 1 aromatic rings. The lowest BCUT2D eigenvalue weighted by molar-refractivity contribution is 0.303. The lowest BCUT2D eigenvalue weighted by Crippen LogP contribution is -2.34. The van der Waals surface area contributed by atoms with Gasteiger partial charge in [0.2, 0.25) is 0 Å². The molecule has 0 N–H and O–H groups in total. The first kappa shape index (κ1) is 16.9. The molecule has 0 aliphatic heterocycles. The number of unbranched alkanes of at least 4 members (excludes halogenated alkanes) is 6. The number of halogens is 3. The van der Waals surface area contributed by atoms with Gasteiger partial charge in [0.25, 0.3) is 0 Å². The molecule has 0 saturated carbocycles. The van der Waals surface area contributed by atoms with Crippen LogP contribution in [0.15, 0.2) is 18.5 Å². The van der Waals surface area contributed by atoms with E-state index in [1.807, 2.05) is 0 Å². The maximum absolute atomic E-state index is 12.5. The molecule has 1 rings (SSSR count). The van der Waals surface area contributed by atoms with E-state index < -0.39 is 12.4 Å². The second kappa shape index (κ2) is 8.87. The maximum atomic E-state index is 12.5. The van der Waals surface area contributed by atoms with Crippen molar-refractivity contribution in [3.05, 3.63) is 18.5 Å². The maximum Gasteiger partial charge on any atom is 0.511 e. The van der Waals surface area contributed by atoms with Gasteiger partial charge in [-0.2, -0.15) is 0 Å². The van der Waals surface area contributed by atoms with Gasteiger partial charge in [-0.3, -0.25) is 4.98 Å². The molecule has 114 valence electrons. The minimum atomic E-state index is -5.00. The molecular formula is C14H22BF3NO-. The van der Waals surface area contributed by atoms with Crippen molar-refractivity contribution in [3.8, 4) is 5.75 Å². The van der Waals surface area contributed by atoms with Crippen LogP contribution >= 0.6 is 0 Å². The van der Waals surface area contributed by atoms with E-state index >= 15 is 0 Å². The van der Waals surface area contributed by atoms with Crippen molar-refractivity contribution < 1.29 is 17.7 Å². The minimum Gasteiger partial charge on any atom is -0.492 e. The molecule has 1 aromatic heterocycles. The number of aromatic nitrogens is 1. The first-order chi connectivity index (χ1) is 9.54. The zero-order chi connectivity index (χ0) is 14.8. The van der Waals surface area contributed by atoms with Gasteiger partial charge < -0.3 is 17.7 Å². The van der Waals surface area contributed by atoms with Gasteiger partial charge in [-0.25, -0.2) is 0 Å². The van der Waals surface area contributed by atoms with Crippen LogP contribution < -0.4 is 10.2 Å². The number of pyridine rings is 1. The molecule has 0 amide bonds. The van der Waals surface area contributed by atoms with Crippen molar-refractivity contribution in [3.63, 3.8) is 0 Å². The summed E-state index contributed by atoms with van der Waals surface area (Å²) in [6.07, 6.45) is 10.2. The van der Waals surface area contributed by atoms with Crippen LogP contribution in [0, 0.1) is 0 Å². The van der Waals surface area contributed by atoms with Crippen LogP contribution in [0.3, 0.4) is 0 Å². The highest BCUT2D eigenvalue weighted by molar-refractivity contribution is 6.73. The molecule has 0 saturated heterocycles. The fraction of sp³-hybridized carbons (Fsp3) is 0.643. The molecule has 6 heteroatoms. The quantitative estimate of drug-likeness (QED) is 0.474. The third-order valence-electron chi connectivity index (χ3n) is 3.13. The highest BCUT2D eigenvalue weighted by Gasteiger charge is 2.26. The second-order valence-corrected chi connectivity index (χ2v) is 5.00. The summed E-state index contributed by atoms with van der Waals surface area (Å²) in [7, 11) is 0. The number of rotatable bonds is 10. The Morgan fingerprint density at radius 3 is 2.30 bits per heavy atom. The van der Waals surface area contributed by atoms with Gasteiger partial charge in [0.15, 0.2) is 0 Å². The Morgan fingerprint density at radius 1 is 1.00 bits per heavy atom. The molecule has 1 heterocycles. The zero-order valence-corrected chi connectivity index (χ0v) is 12.0. The fourth-order valence-electron chi connectivity index (χ4n) is 1.94. The SMILES string of the molecule is CCCCCCCCCOc1cncc([B-](F)(F)F)c1. The smallest absolute Gasteiger partial charge is 0.492 e. The van der Waals surface area contributed by atoms with Gasteiger partial charge in [-0.1, -0.05) is 50.9 Å². The number of ether oxygens (including phenoxy) is 1. The summed E-state index contributed by atoms with van der Waals surface area (Å²) in [5.74, 6) is 0.202. The number of hydrogen-bond donors (Lipinski definition) is 0. The predicted octanol–water partition coefficient (Wildman–Crippen LogP) is 4.27. The highest BCUT2D eigenvalue weighted by Crippen LogP contribution is 2.14. The molecule has 0 unspecified atom stereocenters. The lowest BCUT2D eigenvalue weighted by atomic mass is 9.81. The van der Waals surface area contributed by atoms with Gasteiger partial charge in [0.05, 0.1) is 12.8 Å². The highest BCUT2D eigenvalue weighted by atomic mass is 19.4. The van der Waals surface area contributed by atoms with E-state index in [-0.39, 0.29) is 5.75 Å². The number of nitrogens with zero attached hydrogens (tertiary/aromatic N) is 1. The minimum absolute atomic E-state index is 0.202. The normalized spacial score (nSPS) is 11.6. The van der Waals surface area contributed by atoms with Crippen LogP contribution in [0.4, 0.5) is 12.9 Å². The average Bonchev–Trinajstić information content (AvgIpc) is 2.41. The van der Waals surface area contributed by atoms with Crippen LogP contribution in [-0.2, 0) is 0 Å². The largest absolute Gasteiger partial charge is 0.511 e. The van der Waals surface area contributed by atoms with Crippen LogP contribution in [0.2, 0.25) is 0 Å². The molecule has 2 nitrogen and oxygen atoms in total. The average molecular weight is 288 g/mol. The van der Waals surface area contributed by atoms with E-state index in [1.165, 1.54) is 31.9 Å². The van der Waals surface area contributed by atoms with Crippen LogP contribution in [0.5, 0.6) is 5.75 Å². The molecule has 20 heavy (non-hydrogen) atoms. The molecule has 0 bridgehead atoms. The molecule has 0 aliphatic carbocycles. The van der Waals surface area contributed by atoms with Gasteiger partial charge >= 0.3 is 6.98 Å². The predicted molar refractivity (Wildman–Crippen MR) is 76.4 cm³/mol. The monoisotopic (exact) mass is 288 g/mol. The molecule has 0 spiro atoms. The third-order valence-corrected chi connectivity index (χ3v) is 3.13. The fourth-order valence-corrected chi connectivity index (χ4v) is 1.94. The summed E-state index contributed by atoms with van der Waals surface area (Å²) in [5, 5.41) is 0. The van der Waals surface area contributed by atoms with E-state index in [0.717, 1.165) is 31.5 Å². The second-order valence-electron chi connectivity index (χ2n) is 5.00. The van der Waals surface area contributed by atoms with E-state index in [9.17, 15) is 12.9 Å². The first-order valence-electron chi connectivity index (χ1n) is 7.31. The summed E-state index contributed by atoms with van der Waals surface area (Å²) in [5.41, 5.74) is -0.706. The van der Waals surface area contributed by atoms with Gasteiger partial charge in [-0.05, 0) is 12.5 Å². The Balaban J connectivity index is 2.19. The van der Waals surface area contributed by atoms with Gasteiger partial charge in [0.1, 0.15) is 5.75 Å². The van der Waals surface area contributed by atoms with Crippen LogP contribution in [0.25, 0.3) is 0 Å². The summed E-state index contributed by atoms with van der Waals surface area (Å²) >= 11 is 0. The van der Waals surface area contributed by atoms with Crippen molar-refractivity contribution >= 4 is 12.4 Å². The molecule has 0 aromatic carbocycles. The van der Waals surface area contributed by atoms with E-state index in [2.05, 4.69) is 11.9 Å². The molecule has 0 fully saturated rings. The topological polar surface area (TPSA) is 22.1 Å². The van der Waals surface area contributed by atoms with Gasteiger partial charge in [-0.15, -0.1) is 0 Å². The van der Waals surface area contributed by atoms with E-state index in [1.54, 1.807) is 0 Å². The molecule has 0 atom stereocenters. The summed E-state index contributed by atoms with van der Waals surface area (Å²) in [6, 6.07) is 1.02. The Morgan fingerprint density at radius 2 is 1.65 bits per heavy atom. The lowest BCUT2D eigenvalue weighted by Gasteiger charge is -2.15. The molecule has 0 radical (unpaired) electrons. The Kier molecular flexibility index (Phi) is 7.48. The summed E-state index contributed by atoms with van der Waals surface area (Å²) < 4.78 is 42.9. The van der Waals surface area contributed by atoms with Crippen molar-refractivity contribution in [2.45, 2.75) is 51.9 Å². The Bertz CT molecular complexity index is 385. The van der Waals surface area contributed by atoms with E-state index in [0.29, 0.717) is 6.61 Å². The van der Waals surface area contributed by atoms with Crippen LogP contribution in [-0.4, -0.2) is 18.6 Å². The Labute approximate surface area is 118 Å².